The summed E-state index contributed by atoms with van der Waals surface area (Å²) in [6, 6.07) is 13.7. The molecule has 0 atom stereocenters. The van der Waals surface area contributed by atoms with E-state index in [2.05, 4.69) is 9.97 Å². The Morgan fingerprint density at radius 3 is 2.52 bits per heavy atom. The van der Waals surface area contributed by atoms with Crippen LogP contribution in [0.2, 0.25) is 0 Å². The molecule has 1 amide bonds. The van der Waals surface area contributed by atoms with E-state index in [9.17, 15) is 18.0 Å². The normalized spacial score (nSPS) is 11.5. The number of nitrogens with zero attached hydrogens (tertiary/aromatic N) is 1. The van der Waals surface area contributed by atoms with Gasteiger partial charge in [0.2, 0.25) is 0 Å². The molecule has 9 heteroatoms. The number of hydrogen-bond acceptors (Lipinski definition) is 3. The van der Waals surface area contributed by atoms with Gasteiger partial charge in [0.05, 0.1) is 12.1 Å². The van der Waals surface area contributed by atoms with Gasteiger partial charge >= 0.3 is 12.1 Å². The highest BCUT2D eigenvalue weighted by Crippen LogP contribution is 2.23. The molecular formula is C18H16F3N3O2S. The summed E-state index contributed by atoms with van der Waals surface area (Å²) in [5.74, 6) is -1.45. The van der Waals surface area contributed by atoms with Gasteiger partial charge in [-0.15, -0.1) is 0 Å². The summed E-state index contributed by atoms with van der Waals surface area (Å²) in [4.78, 5) is 18.3. The van der Waals surface area contributed by atoms with Crippen LogP contribution >= 0.6 is 12.2 Å². The first-order chi connectivity index (χ1) is 12.8. The highest BCUT2D eigenvalue weighted by atomic mass is 32.1. The Labute approximate surface area is 157 Å². The highest BCUT2D eigenvalue weighted by molar-refractivity contribution is 7.71. The van der Waals surface area contributed by atoms with Gasteiger partial charge < -0.3 is 19.6 Å². The van der Waals surface area contributed by atoms with Crippen molar-refractivity contribution in [1.29, 1.82) is 0 Å². The molecule has 0 aliphatic carbocycles. The molecule has 5 nitrogen and oxygen atoms in total. The zero-order valence-electron chi connectivity index (χ0n) is 14.0. The average molecular weight is 395 g/mol. The van der Waals surface area contributed by atoms with E-state index in [1.807, 2.05) is 0 Å². The SMILES string of the molecule is O=C(N(CCOc1cccc2[nH]c(=S)[nH]c12)Cc1ccccc1)C(F)(F)F. The van der Waals surface area contributed by atoms with Crippen LogP contribution in [-0.4, -0.2) is 40.1 Å². The van der Waals surface area contributed by atoms with Crippen LogP contribution in [0.15, 0.2) is 48.5 Å². The third-order valence-corrected chi connectivity index (χ3v) is 4.08. The standard InChI is InChI=1S/C18H16F3N3O2S/c19-18(20,21)16(25)24(11-12-5-2-1-3-6-12)9-10-26-14-8-4-7-13-15(14)23-17(27)22-13/h1-8H,9-11H2,(H2,22,23,27). The lowest BCUT2D eigenvalue weighted by Gasteiger charge is -2.24. The Morgan fingerprint density at radius 1 is 1.07 bits per heavy atom. The van der Waals surface area contributed by atoms with Gasteiger partial charge in [-0.05, 0) is 29.9 Å². The Morgan fingerprint density at radius 2 is 1.81 bits per heavy atom. The van der Waals surface area contributed by atoms with Gasteiger partial charge in [-0.1, -0.05) is 36.4 Å². The maximum Gasteiger partial charge on any atom is 0.471 e. The minimum Gasteiger partial charge on any atom is -0.489 e. The van der Waals surface area contributed by atoms with Crippen LogP contribution in [-0.2, 0) is 11.3 Å². The van der Waals surface area contributed by atoms with Crippen LogP contribution in [0.3, 0.4) is 0 Å². The molecule has 0 spiro atoms. The van der Waals surface area contributed by atoms with Crippen molar-refractivity contribution in [3.05, 3.63) is 58.9 Å². The first kappa shape index (κ1) is 19.0. The Bertz CT molecular complexity index is 983. The van der Waals surface area contributed by atoms with Gasteiger partial charge in [-0.2, -0.15) is 13.2 Å². The van der Waals surface area contributed by atoms with E-state index < -0.39 is 12.1 Å². The molecule has 1 heterocycles. The number of para-hydroxylation sites is 1. The van der Waals surface area contributed by atoms with Crippen molar-refractivity contribution in [3.8, 4) is 5.75 Å². The Balaban J connectivity index is 1.72. The van der Waals surface area contributed by atoms with E-state index in [0.717, 1.165) is 10.4 Å². The molecule has 1 aromatic heterocycles. The van der Waals surface area contributed by atoms with E-state index in [4.69, 9.17) is 17.0 Å². The summed E-state index contributed by atoms with van der Waals surface area (Å²) in [5.41, 5.74) is 1.95. The lowest BCUT2D eigenvalue weighted by Crippen LogP contribution is -2.42. The van der Waals surface area contributed by atoms with Gasteiger partial charge in [0.25, 0.3) is 0 Å². The fourth-order valence-electron chi connectivity index (χ4n) is 2.65. The number of hydrogen-bond donors (Lipinski definition) is 2. The van der Waals surface area contributed by atoms with Crippen LogP contribution in [0.25, 0.3) is 11.0 Å². The number of alkyl halides is 3. The Kier molecular flexibility index (Phi) is 5.50. The van der Waals surface area contributed by atoms with Crippen molar-refractivity contribution in [2.75, 3.05) is 13.2 Å². The fraction of sp³-hybridized carbons (Fsp3) is 0.222. The summed E-state index contributed by atoms with van der Waals surface area (Å²) in [5, 5.41) is 0. The molecule has 3 rings (SSSR count). The molecule has 2 aromatic carbocycles. The molecule has 27 heavy (non-hydrogen) atoms. The third kappa shape index (κ3) is 4.68. The number of aromatic nitrogens is 2. The fourth-order valence-corrected chi connectivity index (χ4v) is 2.86. The molecule has 0 bridgehead atoms. The number of rotatable bonds is 6. The molecule has 2 N–H and O–H groups in total. The topological polar surface area (TPSA) is 61.1 Å². The van der Waals surface area contributed by atoms with Crippen molar-refractivity contribution in [3.63, 3.8) is 0 Å². The summed E-state index contributed by atoms with van der Waals surface area (Å²) in [7, 11) is 0. The van der Waals surface area contributed by atoms with Gasteiger partial charge in [0.15, 0.2) is 4.77 Å². The number of halogens is 3. The lowest BCUT2D eigenvalue weighted by atomic mass is 10.2. The first-order valence-electron chi connectivity index (χ1n) is 8.08. The first-order valence-corrected chi connectivity index (χ1v) is 8.49. The molecule has 0 saturated carbocycles. The van der Waals surface area contributed by atoms with E-state index in [1.165, 1.54) is 0 Å². The molecule has 0 radical (unpaired) electrons. The van der Waals surface area contributed by atoms with Gasteiger partial charge in [-0.25, -0.2) is 0 Å². The summed E-state index contributed by atoms with van der Waals surface area (Å²) in [6.07, 6.45) is -4.94. The van der Waals surface area contributed by atoms with Crippen LogP contribution < -0.4 is 4.74 Å². The van der Waals surface area contributed by atoms with E-state index >= 15 is 0 Å². The van der Waals surface area contributed by atoms with Crippen LogP contribution in [0.5, 0.6) is 5.75 Å². The smallest absolute Gasteiger partial charge is 0.471 e. The Hall–Kier alpha value is -2.81. The number of H-pyrrole nitrogens is 2. The maximum atomic E-state index is 12.9. The number of aromatic amines is 2. The largest absolute Gasteiger partial charge is 0.489 e. The summed E-state index contributed by atoms with van der Waals surface area (Å²) >= 11 is 5.03. The highest BCUT2D eigenvalue weighted by Gasteiger charge is 2.42. The van der Waals surface area contributed by atoms with Crippen LogP contribution in [0, 0.1) is 4.77 Å². The number of imidazole rings is 1. The maximum absolute atomic E-state index is 12.9. The van der Waals surface area contributed by atoms with Gasteiger partial charge in [0, 0.05) is 6.54 Å². The predicted molar refractivity (Wildman–Crippen MR) is 96.9 cm³/mol. The molecule has 0 saturated heterocycles. The number of ether oxygens (including phenoxy) is 1. The van der Waals surface area contributed by atoms with Crippen molar-refractivity contribution in [1.82, 2.24) is 14.9 Å². The van der Waals surface area contributed by atoms with Crippen molar-refractivity contribution in [2.45, 2.75) is 12.7 Å². The molecule has 0 fully saturated rings. The van der Waals surface area contributed by atoms with Crippen molar-refractivity contribution in [2.24, 2.45) is 0 Å². The van der Waals surface area contributed by atoms with E-state index in [0.29, 0.717) is 21.6 Å². The summed E-state index contributed by atoms with van der Waals surface area (Å²) < 4.78 is 44.8. The molecule has 3 aromatic rings. The number of amides is 1. The third-order valence-electron chi connectivity index (χ3n) is 3.88. The van der Waals surface area contributed by atoms with Crippen molar-refractivity contribution >= 4 is 29.2 Å². The number of carbonyl (C=O) groups is 1. The molecule has 142 valence electrons. The minimum atomic E-state index is -4.94. The van der Waals surface area contributed by atoms with E-state index in [1.54, 1.807) is 48.5 Å². The molecule has 0 unspecified atom stereocenters. The van der Waals surface area contributed by atoms with Gasteiger partial charge in [0.1, 0.15) is 17.9 Å². The summed E-state index contributed by atoms with van der Waals surface area (Å²) in [6.45, 7) is -0.465. The molecule has 0 aliphatic heterocycles. The second-order valence-corrected chi connectivity index (χ2v) is 6.22. The zero-order valence-corrected chi connectivity index (χ0v) is 14.9. The number of benzene rings is 2. The van der Waals surface area contributed by atoms with Crippen LogP contribution in [0.4, 0.5) is 13.2 Å². The van der Waals surface area contributed by atoms with E-state index in [-0.39, 0.29) is 19.7 Å². The van der Waals surface area contributed by atoms with Crippen LogP contribution in [0.1, 0.15) is 5.56 Å². The zero-order chi connectivity index (χ0) is 19.4. The number of fused-ring (bicyclic) bond motifs is 1. The lowest BCUT2D eigenvalue weighted by molar-refractivity contribution is -0.186. The quantitative estimate of drug-likeness (QED) is 0.615. The second kappa shape index (κ2) is 7.83. The molecular weight excluding hydrogens is 379 g/mol. The second-order valence-electron chi connectivity index (χ2n) is 5.82. The predicted octanol–water partition coefficient (Wildman–Crippen LogP) is 4.20. The number of nitrogens with one attached hydrogen (secondary N) is 2. The average Bonchev–Trinajstić information content (AvgIpc) is 3.01. The van der Waals surface area contributed by atoms with Gasteiger partial charge in [-0.3, -0.25) is 4.79 Å². The van der Waals surface area contributed by atoms with Crippen molar-refractivity contribution < 1.29 is 22.7 Å². The molecule has 0 aliphatic rings. The minimum absolute atomic E-state index is 0.0977. The monoisotopic (exact) mass is 395 g/mol. The number of carbonyl (C=O) groups excluding carboxylic acids is 1.